The molecule has 1 heterocycles. The SMILES string of the molecule is CC(C)S(=O)(=O)[C@@H](C)C(=O)Nc1ccc2oc(=O)[nH]c2c1. The summed E-state index contributed by atoms with van der Waals surface area (Å²) in [6.07, 6.45) is 0. The lowest BCUT2D eigenvalue weighted by Gasteiger charge is -2.15. The van der Waals surface area contributed by atoms with E-state index in [4.69, 9.17) is 4.42 Å². The van der Waals surface area contributed by atoms with E-state index in [9.17, 15) is 18.0 Å². The van der Waals surface area contributed by atoms with Crippen LogP contribution in [-0.2, 0) is 14.6 Å². The molecule has 0 unspecified atom stereocenters. The quantitative estimate of drug-likeness (QED) is 0.883. The van der Waals surface area contributed by atoms with Gasteiger partial charge in [0.25, 0.3) is 0 Å². The molecule has 0 spiro atoms. The molecule has 114 valence electrons. The highest BCUT2D eigenvalue weighted by Gasteiger charge is 2.30. The number of aromatic nitrogens is 1. The first-order chi connectivity index (χ1) is 9.71. The second-order valence-electron chi connectivity index (χ2n) is 4.99. The van der Waals surface area contributed by atoms with Crippen molar-refractivity contribution in [1.29, 1.82) is 0 Å². The van der Waals surface area contributed by atoms with Crippen molar-refractivity contribution < 1.29 is 17.6 Å². The molecule has 1 amide bonds. The van der Waals surface area contributed by atoms with E-state index in [1.807, 2.05) is 0 Å². The van der Waals surface area contributed by atoms with Gasteiger partial charge in [0.1, 0.15) is 5.25 Å². The van der Waals surface area contributed by atoms with E-state index in [0.29, 0.717) is 16.8 Å². The summed E-state index contributed by atoms with van der Waals surface area (Å²) in [5.41, 5.74) is 1.17. The normalized spacial score (nSPS) is 13.5. The van der Waals surface area contributed by atoms with Crippen LogP contribution < -0.4 is 11.1 Å². The minimum atomic E-state index is -3.52. The predicted molar refractivity (Wildman–Crippen MR) is 79.0 cm³/mol. The summed E-state index contributed by atoms with van der Waals surface area (Å²) in [7, 11) is -3.52. The molecular formula is C13H16N2O5S. The first-order valence-electron chi connectivity index (χ1n) is 6.38. The van der Waals surface area contributed by atoms with E-state index in [2.05, 4.69) is 10.3 Å². The Bertz CT molecular complexity index is 832. The van der Waals surface area contributed by atoms with Crippen LogP contribution in [0, 0.1) is 0 Å². The minimum absolute atomic E-state index is 0.362. The number of oxazole rings is 1. The number of hydrogen-bond acceptors (Lipinski definition) is 5. The molecule has 1 aromatic carbocycles. The number of anilines is 1. The lowest BCUT2D eigenvalue weighted by atomic mass is 10.3. The van der Waals surface area contributed by atoms with Gasteiger partial charge in [-0.1, -0.05) is 0 Å². The lowest BCUT2D eigenvalue weighted by Crippen LogP contribution is -2.36. The molecule has 0 saturated heterocycles. The number of fused-ring (bicyclic) bond motifs is 1. The molecule has 0 aliphatic heterocycles. The molecular weight excluding hydrogens is 296 g/mol. The van der Waals surface area contributed by atoms with Crippen LogP contribution in [0.4, 0.5) is 5.69 Å². The van der Waals surface area contributed by atoms with E-state index >= 15 is 0 Å². The second-order valence-corrected chi connectivity index (χ2v) is 7.82. The first kappa shape index (κ1) is 15.3. The van der Waals surface area contributed by atoms with Gasteiger partial charge in [-0.25, -0.2) is 13.2 Å². The Morgan fingerprint density at radius 1 is 1.29 bits per heavy atom. The Balaban J connectivity index is 2.23. The predicted octanol–water partition coefficient (Wildman–Crippen LogP) is 1.27. The van der Waals surface area contributed by atoms with Crippen LogP contribution in [0.2, 0.25) is 0 Å². The number of carbonyl (C=O) groups is 1. The molecule has 1 atom stereocenters. The molecule has 2 aromatic rings. The van der Waals surface area contributed by atoms with Crippen molar-refractivity contribution in [3.63, 3.8) is 0 Å². The molecule has 0 aliphatic carbocycles. The van der Waals surface area contributed by atoms with Gasteiger partial charge >= 0.3 is 5.76 Å². The van der Waals surface area contributed by atoms with Crippen molar-refractivity contribution in [2.75, 3.05) is 5.32 Å². The summed E-state index contributed by atoms with van der Waals surface area (Å²) in [6.45, 7) is 4.41. The number of benzene rings is 1. The van der Waals surface area contributed by atoms with Gasteiger partial charge in [-0.3, -0.25) is 9.78 Å². The first-order valence-corrected chi connectivity index (χ1v) is 7.99. The topological polar surface area (TPSA) is 109 Å². The third kappa shape index (κ3) is 2.99. The van der Waals surface area contributed by atoms with Crippen LogP contribution in [0.3, 0.4) is 0 Å². The van der Waals surface area contributed by atoms with Gasteiger partial charge in [-0.2, -0.15) is 0 Å². The maximum atomic E-state index is 12.0. The number of hydrogen-bond donors (Lipinski definition) is 2. The van der Waals surface area contributed by atoms with Gasteiger partial charge in [0, 0.05) is 5.69 Å². The Labute approximate surface area is 121 Å². The zero-order valence-corrected chi connectivity index (χ0v) is 12.7. The zero-order valence-electron chi connectivity index (χ0n) is 11.8. The smallest absolute Gasteiger partial charge is 0.408 e. The maximum Gasteiger partial charge on any atom is 0.417 e. The van der Waals surface area contributed by atoms with Crippen molar-refractivity contribution in [1.82, 2.24) is 4.98 Å². The summed E-state index contributed by atoms with van der Waals surface area (Å²) in [5, 5.41) is 0.733. The van der Waals surface area contributed by atoms with Gasteiger partial charge in [-0.15, -0.1) is 0 Å². The number of sulfone groups is 1. The summed E-state index contributed by atoms with van der Waals surface area (Å²) in [4.78, 5) is 25.5. The van der Waals surface area contributed by atoms with Crippen molar-refractivity contribution in [3.8, 4) is 0 Å². The van der Waals surface area contributed by atoms with Gasteiger partial charge in [-0.05, 0) is 39.0 Å². The summed E-state index contributed by atoms with van der Waals surface area (Å²) < 4.78 is 28.8. The van der Waals surface area contributed by atoms with Crippen LogP contribution in [0.25, 0.3) is 11.1 Å². The highest BCUT2D eigenvalue weighted by molar-refractivity contribution is 7.93. The minimum Gasteiger partial charge on any atom is -0.408 e. The molecule has 0 bridgehead atoms. The van der Waals surface area contributed by atoms with Crippen LogP contribution in [0.15, 0.2) is 27.4 Å². The summed E-state index contributed by atoms with van der Waals surface area (Å²) in [6, 6.07) is 4.56. The fourth-order valence-electron chi connectivity index (χ4n) is 1.83. The molecule has 2 N–H and O–H groups in total. The number of amides is 1. The third-order valence-corrected chi connectivity index (χ3v) is 5.72. The second kappa shape index (κ2) is 5.36. The van der Waals surface area contributed by atoms with Crippen molar-refractivity contribution >= 4 is 32.5 Å². The fourth-order valence-corrected chi connectivity index (χ4v) is 3.00. The van der Waals surface area contributed by atoms with E-state index in [1.165, 1.54) is 39.0 Å². The van der Waals surface area contributed by atoms with Crippen molar-refractivity contribution in [2.24, 2.45) is 0 Å². The van der Waals surface area contributed by atoms with Crippen LogP contribution in [-0.4, -0.2) is 29.8 Å². The summed E-state index contributed by atoms with van der Waals surface area (Å²) >= 11 is 0. The number of aromatic amines is 1. The van der Waals surface area contributed by atoms with Crippen LogP contribution >= 0.6 is 0 Å². The van der Waals surface area contributed by atoms with Gasteiger partial charge in [0.15, 0.2) is 15.4 Å². The Morgan fingerprint density at radius 2 is 1.95 bits per heavy atom. The molecule has 2 rings (SSSR count). The van der Waals surface area contributed by atoms with Gasteiger partial charge < -0.3 is 9.73 Å². The number of H-pyrrole nitrogens is 1. The molecule has 7 nitrogen and oxygen atoms in total. The van der Waals surface area contributed by atoms with Gasteiger partial charge in [0.05, 0.1) is 10.8 Å². The van der Waals surface area contributed by atoms with Crippen molar-refractivity contribution in [3.05, 3.63) is 28.7 Å². The monoisotopic (exact) mass is 312 g/mol. The zero-order chi connectivity index (χ0) is 15.8. The van der Waals surface area contributed by atoms with E-state index in [-0.39, 0.29) is 0 Å². The average molecular weight is 312 g/mol. The molecule has 8 heteroatoms. The average Bonchev–Trinajstić information content (AvgIpc) is 2.76. The summed E-state index contributed by atoms with van der Waals surface area (Å²) in [5.74, 6) is -1.21. The number of carbonyl (C=O) groups excluding carboxylic acids is 1. The largest absolute Gasteiger partial charge is 0.417 e. The molecule has 0 aliphatic rings. The Kier molecular flexibility index (Phi) is 3.91. The molecule has 21 heavy (non-hydrogen) atoms. The van der Waals surface area contributed by atoms with Crippen LogP contribution in [0.5, 0.6) is 0 Å². The molecule has 1 aromatic heterocycles. The third-order valence-electron chi connectivity index (χ3n) is 3.21. The number of rotatable bonds is 4. The van der Waals surface area contributed by atoms with E-state index in [0.717, 1.165) is 0 Å². The lowest BCUT2D eigenvalue weighted by molar-refractivity contribution is -0.115. The standard InChI is InChI=1S/C13H16N2O5S/c1-7(2)21(18,19)8(3)12(16)14-9-4-5-11-10(6-9)15-13(17)20-11/h4-8H,1-3H3,(H,14,16)(H,15,17)/t8-/m0/s1. The Hall–Kier alpha value is -2.09. The maximum absolute atomic E-state index is 12.0. The van der Waals surface area contributed by atoms with Crippen molar-refractivity contribution in [2.45, 2.75) is 31.3 Å². The number of nitrogens with one attached hydrogen (secondary N) is 2. The molecule has 0 radical (unpaired) electrons. The highest BCUT2D eigenvalue weighted by atomic mass is 32.2. The molecule has 0 fully saturated rings. The fraction of sp³-hybridized carbons (Fsp3) is 0.385. The van der Waals surface area contributed by atoms with E-state index < -0.39 is 32.0 Å². The van der Waals surface area contributed by atoms with Gasteiger partial charge in [0.2, 0.25) is 5.91 Å². The van der Waals surface area contributed by atoms with Crippen LogP contribution in [0.1, 0.15) is 20.8 Å². The highest BCUT2D eigenvalue weighted by Crippen LogP contribution is 2.17. The van der Waals surface area contributed by atoms with E-state index in [1.54, 1.807) is 0 Å². The Morgan fingerprint density at radius 3 is 2.57 bits per heavy atom. The molecule has 0 saturated carbocycles.